The van der Waals surface area contributed by atoms with Crippen molar-refractivity contribution >= 4 is 34.6 Å². The smallest absolute Gasteiger partial charge is 0.325 e. The quantitative estimate of drug-likeness (QED) is 0.476. The maximum absolute atomic E-state index is 14.0. The first kappa shape index (κ1) is 21.2. The molecule has 2 aliphatic rings. The average Bonchev–Trinajstić information content (AvgIpc) is 3.40. The molecule has 1 aromatic heterocycles. The van der Waals surface area contributed by atoms with Crippen LogP contribution in [0.1, 0.15) is 42.9 Å². The lowest BCUT2D eigenvalue weighted by molar-refractivity contribution is -0.888. The Labute approximate surface area is 192 Å². The van der Waals surface area contributed by atoms with Crippen molar-refractivity contribution in [1.29, 1.82) is 0 Å². The molecular weight excluding hydrogens is 420 g/mol. The molecule has 166 valence electrons. The Morgan fingerprint density at radius 1 is 1.12 bits per heavy atom. The summed E-state index contributed by atoms with van der Waals surface area (Å²) >= 11 is 1.46. The van der Waals surface area contributed by atoms with Crippen molar-refractivity contribution in [2.45, 2.75) is 49.3 Å². The number of nitrogens with two attached hydrogens (primary N) is 1. The summed E-state index contributed by atoms with van der Waals surface area (Å²) in [6.45, 7) is 0.675. The molecule has 1 aliphatic carbocycles. The van der Waals surface area contributed by atoms with Gasteiger partial charge in [-0.15, -0.1) is 0 Å². The molecule has 3 atom stereocenters. The number of imidazole rings is 1. The summed E-state index contributed by atoms with van der Waals surface area (Å²) < 4.78 is 2.20. The Morgan fingerprint density at radius 2 is 1.91 bits per heavy atom. The Hall–Kier alpha value is -2.64. The number of quaternary nitrogens is 1. The number of fused-ring (bicyclic) bond motifs is 2. The third-order valence-electron chi connectivity index (χ3n) is 7.32. The fourth-order valence-corrected chi connectivity index (χ4v) is 6.80. The van der Waals surface area contributed by atoms with Crippen molar-refractivity contribution in [1.82, 2.24) is 9.55 Å². The molecule has 2 N–H and O–H groups in total. The first-order valence-corrected chi connectivity index (χ1v) is 12.3. The van der Waals surface area contributed by atoms with Crippen LogP contribution in [0.25, 0.3) is 11.0 Å². The molecule has 0 bridgehead atoms. The molecule has 2 unspecified atom stereocenters. The number of hydrogen-bond acceptors (Lipinski definition) is 4. The van der Waals surface area contributed by atoms with Crippen LogP contribution in [0.15, 0.2) is 53.7 Å². The largest absolute Gasteiger partial charge is 0.364 e. The second kappa shape index (κ2) is 8.37. The van der Waals surface area contributed by atoms with Gasteiger partial charge in [0.15, 0.2) is 11.2 Å². The molecule has 0 spiro atoms. The molecule has 7 heteroatoms. The van der Waals surface area contributed by atoms with Crippen LogP contribution in [-0.4, -0.2) is 44.2 Å². The molecule has 6 nitrogen and oxygen atoms in total. The zero-order valence-electron chi connectivity index (χ0n) is 18.4. The third kappa shape index (κ3) is 3.35. The Kier molecular flexibility index (Phi) is 5.55. The summed E-state index contributed by atoms with van der Waals surface area (Å²) in [6, 6.07) is 15.9. The van der Waals surface area contributed by atoms with E-state index in [9.17, 15) is 9.59 Å². The summed E-state index contributed by atoms with van der Waals surface area (Å²) in [4.78, 5) is 31.3. The summed E-state index contributed by atoms with van der Waals surface area (Å²) in [5.74, 6) is 0.0104. The summed E-state index contributed by atoms with van der Waals surface area (Å²) in [5.41, 5.74) is 10.4. The molecule has 5 rings (SSSR count). The SMILES string of the molecule is Cn1c(SCC(=O)[N+]2(C3CCCc4ccccc43)CCC[C@H]2C(N)=O)nc2ccccc21. The number of para-hydroxylation sites is 2. The van der Waals surface area contributed by atoms with E-state index in [1.807, 2.05) is 41.9 Å². The van der Waals surface area contributed by atoms with E-state index >= 15 is 0 Å². The molecule has 32 heavy (non-hydrogen) atoms. The monoisotopic (exact) mass is 449 g/mol. The highest BCUT2D eigenvalue weighted by Crippen LogP contribution is 2.45. The van der Waals surface area contributed by atoms with Gasteiger partial charge in [-0.3, -0.25) is 4.79 Å². The molecule has 2 amide bonds. The van der Waals surface area contributed by atoms with Crippen LogP contribution in [-0.2, 0) is 23.1 Å². The molecule has 1 aliphatic heterocycles. The zero-order valence-corrected chi connectivity index (χ0v) is 19.2. The van der Waals surface area contributed by atoms with Gasteiger partial charge in [0.05, 0.1) is 17.6 Å². The number of thioether (sulfide) groups is 1. The number of hydrogen-bond donors (Lipinski definition) is 1. The van der Waals surface area contributed by atoms with Crippen LogP contribution < -0.4 is 5.73 Å². The van der Waals surface area contributed by atoms with Gasteiger partial charge in [-0.25, -0.2) is 14.3 Å². The van der Waals surface area contributed by atoms with Gasteiger partial charge in [0.2, 0.25) is 0 Å². The first-order valence-electron chi connectivity index (χ1n) is 11.3. The van der Waals surface area contributed by atoms with Crippen LogP contribution in [0.2, 0.25) is 0 Å². The number of nitrogens with zero attached hydrogens (tertiary/aromatic N) is 3. The molecule has 2 heterocycles. The minimum atomic E-state index is -0.459. The lowest BCUT2D eigenvalue weighted by atomic mass is 9.84. The van der Waals surface area contributed by atoms with Crippen LogP contribution in [0.4, 0.5) is 0 Å². The highest BCUT2D eigenvalue weighted by Gasteiger charge is 2.56. The molecule has 1 fully saturated rings. The van der Waals surface area contributed by atoms with E-state index in [0.717, 1.165) is 41.9 Å². The zero-order chi connectivity index (χ0) is 22.3. The maximum Gasteiger partial charge on any atom is 0.325 e. The van der Waals surface area contributed by atoms with E-state index in [4.69, 9.17) is 10.7 Å². The normalized spacial score (nSPS) is 25.0. The van der Waals surface area contributed by atoms with Crippen LogP contribution in [0, 0.1) is 0 Å². The highest BCUT2D eigenvalue weighted by atomic mass is 32.2. The van der Waals surface area contributed by atoms with Crippen molar-refractivity contribution in [3.63, 3.8) is 0 Å². The number of benzene rings is 2. The lowest BCUT2D eigenvalue weighted by Gasteiger charge is -2.44. The molecule has 0 saturated carbocycles. The van der Waals surface area contributed by atoms with Crippen molar-refractivity contribution in [3.8, 4) is 0 Å². The second-order valence-corrected chi connectivity index (χ2v) is 9.89. The van der Waals surface area contributed by atoms with E-state index < -0.39 is 6.04 Å². The predicted octanol–water partition coefficient (Wildman–Crippen LogP) is 3.73. The Bertz CT molecular complexity index is 1190. The van der Waals surface area contributed by atoms with Gasteiger partial charge >= 0.3 is 5.91 Å². The predicted molar refractivity (Wildman–Crippen MR) is 126 cm³/mol. The summed E-state index contributed by atoms with van der Waals surface area (Å²) in [7, 11) is 1.98. The van der Waals surface area contributed by atoms with Crippen LogP contribution in [0.5, 0.6) is 0 Å². The Morgan fingerprint density at radius 3 is 2.72 bits per heavy atom. The van der Waals surface area contributed by atoms with Crippen molar-refractivity contribution in [2.75, 3.05) is 12.3 Å². The van der Waals surface area contributed by atoms with Gasteiger partial charge in [0.1, 0.15) is 11.8 Å². The number of primary amides is 1. The van der Waals surface area contributed by atoms with Crippen LogP contribution in [0.3, 0.4) is 0 Å². The average molecular weight is 450 g/mol. The number of aromatic nitrogens is 2. The maximum atomic E-state index is 14.0. The molecule has 0 radical (unpaired) electrons. The van der Waals surface area contributed by atoms with Crippen LogP contribution >= 0.6 is 11.8 Å². The molecule has 2 aromatic carbocycles. The standard InChI is InChI=1S/C25H28N4O2S/c1-28-20-12-5-4-11-19(20)27-25(28)32-16-23(30)29(15-7-14-22(29)24(26)31)21-13-6-9-17-8-2-3-10-18(17)21/h2-5,8,10-12,21-22H,6-7,9,13-16H2,1H3,(H-,26,31)/p+1/t21?,22-,29?/m0/s1. The molecule has 1 saturated heterocycles. The first-order chi connectivity index (χ1) is 15.5. The minimum Gasteiger partial charge on any atom is -0.364 e. The number of carbonyl (C=O) groups is 2. The minimum absolute atomic E-state index is 0.00602. The van der Waals surface area contributed by atoms with Gasteiger partial charge < -0.3 is 10.3 Å². The fraction of sp³-hybridized carbons (Fsp3) is 0.400. The second-order valence-electron chi connectivity index (χ2n) is 8.95. The molecule has 3 aromatic rings. The van der Waals surface area contributed by atoms with E-state index in [0.29, 0.717) is 13.0 Å². The number of rotatable bonds is 5. The summed E-state index contributed by atoms with van der Waals surface area (Å²) in [6.07, 6.45) is 4.48. The van der Waals surface area contributed by atoms with Gasteiger partial charge in [0.25, 0.3) is 5.91 Å². The van der Waals surface area contributed by atoms with Crippen molar-refractivity contribution in [3.05, 3.63) is 59.7 Å². The fourth-order valence-electron chi connectivity index (χ4n) is 5.85. The van der Waals surface area contributed by atoms with E-state index in [2.05, 4.69) is 18.2 Å². The number of aryl methyl sites for hydroxylation is 2. The third-order valence-corrected chi connectivity index (χ3v) is 8.33. The van der Waals surface area contributed by atoms with Gasteiger partial charge in [0, 0.05) is 31.9 Å². The van der Waals surface area contributed by atoms with Crippen molar-refractivity contribution < 1.29 is 14.1 Å². The topological polar surface area (TPSA) is 78.0 Å². The Balaban J connectivity index is 1.49. The molecular formula is C25H29N4O2S+. The van der Waals surface area contributed by atoms with E-state index in [1.165, 1.54) is 22.9 Å². The number of carbonyl (C=O) groups excluding carboxylic acids is 2. The van der Waals surface area contributed by atoms with E-state index in [1.54, 1.807) is 0 Å². The highest BCUT2D eigenvalue weighted by molar-refractivity contribution is 7.99. The number of amides is 2. The van der Waals surface area contributed by atoms with E-state index in [-0.39, 0.29) is 28.1 Å². The van der Waals surface area contributed by atoms with Gasteiger partial charge in [-0.1, -0.05) is 48.2 Å². The lowest BCUT2D eigenvalue weighted by Crippen LogP contribution is -2.62. The van der Waals surface area contributed by atoms with Gasteiger partial charge in [-0.2, -0.15) is 0 Å². The number of likely N-dealkylation sites (tertiary alicyclic amines) is 1. The van der Waals surface area contributed by atoms with Crippen molar-refractivity contribution in [2.24, 2.45) is 12.8 Å². The summed E-state index contributed by atoms with van der Waals surface area (Å²) in [5, 5.41) is 0.816. The van der Waals surface area contributed by atoms with Gasteiger partial charge in [-0.05, 0) is 30.5 Å².